The maximum Gasteiger partial charge on any atom is 0.245 e. The minimum Gasteiger partial charge on any atom is -0.375 e. The third-order valence-corrected chi connectivity index (χ3v) is 3.86. The summed E-state index contributed by atoms with van der Waals surface area (Å²) >= 11 is 10.8. The van der Waals surface area contributed by atoms with Crippen molar-refractivity contribution < 1.29 is 14.3 Å². The first-order valence-corrected chi connectivity index (χ1v) is 7.28. The molecule has 5 nitrogen and oxygen atoms in total. The highest BCUT2D eigenvalue weighted by molar-refractivity contribution is 7.80. The molecule has 1 heterocycles. The van der Waals surface area contributed by atoms with Gasteiger partial charge in [-0.1, -0.05) is 48.5 Å². The monoisotopic (exact) mass is 338 g/mol. The molecular formula is C15H15ClN2O3S. The molecule has 7 heteroatoms. The molecule has 2 amide bonds. The Bertz CT molecular complexity index is 613. The van der Waals surface area contributed by atoms with Crippen LogP contribution in [0.3, 0.4) is 0 Å². The highest BCUT2D eigenvalue weighted by Gasteiger charge is 2.56. The molecule has 1 atom stereocenters. The van der Waals surface area contributed by atoms with E-state index < -0.39 is 23.3 Å². The van der Waals surface area contributed by atoms with Crippen molar-refractivity contribution in [2.75, 3.05) is 7.11 Å². The fourth-order valence-corrected chi connectivity index (χ4v) is 3.00. The van der Waals surface area contributed by atoms with Gasteiger partial charge in [0.1, 0.15) is 6.10 Å². The number of halogens is 1. The molecule has 1 saturated heterocycles. The number of nitrogens with one attached hydrogen (secondary N) is 2. The van der Waals surface area contributed by atoms with Gasteiger partial charge in [0.15, 0.2) is 10.5 Å². The van der Waals surface area contributed by atoms with Gasteiger partial charge in [-0.2, -0.15) is 0 Å². The van der Waals surface area contributed by atoms with Crippen LogP contribution in [0.25, 0.3) is 0 Å². The van der Waals surface area contributed by atoms with Crippen LogP contribution in [-0.4, -0.2) is 24.0 Å². The van der Waals surface area contributed by atoms with Crippen LogP contribution in [0.4, 0.5) is 0 Å². The predicted molar refractivity (Wildman–Crippen MR) is 87.1 cm³/mol. The van der Waals surface area contributed by atoms with E-state index in [9.17, 15) is 9.59 Å². The SMILES string of the molecule is C=C(Cl)CC1(C(OC)c2ccccc2)C(=O)NC(=S)NC1=O. The molecule has 116 valence electrons. The molecule has 0 saturated carbocycles. The molecule has 0 aromatic heterocycles. The van der Waals surface area contributed by atoms with Gasteiger partial charge in [0.2, 0.25) is 11.8 Å². The first kappa shape index (κ1) is 16.6. The normalized spacial score (nSPS) is 18.4. The number of carbonyl (C=O) groups excluding carboxylic acids is 2. The molecule has 1 aliphatic heterocycles. The lowest BCUT2D eigenvalue weighted by atomic mass is 9.73. The van der Waals surface area contributed by atoms with Gasteiger partial charge in [0.05, 0.1) is 0 Å². The summed E-state index contributed by atoms with van der Waals surface area (Å²) in [5.41, 5.74) is -0.891. The third-order valence-electron chi connectivity index (χ3n) is 3.52. The Morgan fingerprint density at radius 3 is 2.32 bits per heavy atom. The van der Waals surface area contributed by atoms with Crippen LogP contribution in [0.5, 0.6) is 0 Å². The van der Waals surface area contributed by atoms with Crippen molar-refractivity contribution in [2.45, 2.75) is 12.5 Å². The fourth-order valence-electron chi connectivity index (χ4n) is 2.61. The van der Waals surface area contributed by atoms with Crippen molar-refractivity contribution in [1.29, 1.82) is 0 Å². The molecule has 1 aromatic rings. The van der Waals surface area contributed by atoms with E-state index in [0.717, 1.165) is 0 Å². The Labute approximate surface area is 138 Å². The molecule has 0 radical (unpaired) electrons. The smallest absolute Gasteiger partial charge is 0.245 e. The van der Waals surface area contributed by atoms with Crippen molar-refractivity contribution in [2.24, 2.45) is 5.41 Å². The van der Waals surface area contributed by atoms with E-state index in [1.165, 1.54) is 7.11 Å². The fraction of sp³-hybridized carbons (Fsp3) is 0.267. The lowest BCUT2D eigenvalue weighted by molar-refractivity contribution is -0.154. The summed E-state index contributed by atoms with van der Waals surface area (Å²) in [5, 5.41) is 5.09. The number of carbonyl (C=O) groups is 2. The molecule has 22 heavy (non-hydrogen) atoms. The van der Waals surface area contributed by atoms with E-state index in [1.54, 1.807) is 24.3 Å². The van der Waals surface area contributed by atoms with Gasteiger partial charge < -0.3 is 15.4 Å². The zero-order valence-corrected chi connectivity index (χ0v) is 13.5. The number of allylic oxidation sites excluding steroid dienone is 1. The molecule has 2 N–H and O–H groups in total. The molecule has 1 aliphatic rings. The number of amides is 2. The summed E-state index contributed by atoms with van der Waals surface area (Å²) in [4.78, 5) is 25.2. The second-order valence-corrected chi connectivity index (χ2v) is 5.87. The van der Waals surface area contributed by atoms with Crippen LogP contribution < -0.4 is 10.6 Å². The quantitative estimate of drug-likeness (QED) is 0.637. The summed E-state index contributed by atoms with van der Waals surface area (Å²) in [7, 11) is 1.43. The Morgan fingerprint density at radius 1 is 1.32 bits per heavy atom. The van der Waals surface area contributed by atoms with Crippen molar-refractivity contribution in [3.05, 3.63) is 47.5 Å². The van der Waals surface area contributed by atoms with Crippen molar-refractivity contribution in [1.82, 2.24) is 10.6 Å². The average molecular weight is 339 g/mol. The second-order valence-electron chi connectivity index (χ2n) is 4.93. The van der Waals surface area contributed by atoms with E-state index in [1.807, 2.05) is 6.07 Å². The lowest BCUT2D eigenvalue weighted by Gasteiger charge is -2.40. The van der Waals surface area contributed by atoms with Gasteiger partial charge in [-0.15, -0.1) is 0 Å². The standard InChI is InChI=1S/C15H15ClN2O3S/c1-9(16)8-15(12(19)17-14(22)18-13(15)20)11(21-2)10-6-4-3-5-7-10/h3-7,11H,1,8H2,2H3,(H2,17,18,19,20,22). The number of benzene rings is 1. The highest BCUT2D eigenvalue weighted by atomic mass is 35.5. The van der Waals surface area contributed by atoms with Gasteiger partial charge in [-0.3, -0.25) is 9.59 Å². The van der Waals surface area contributed by atoms with E-state index in [0.29, 0.717) is 5.56 Å². The van der Waals surface area contributed by atoms with Gasteiger partial charge >= 0.3 is 0 Å². The van der Waals surface area contributed by atoms with Crippen LogP contribution in [-0.2, 0) is 14.3 Å². The highest BCUT2D eigenvalue weighted by Crippen LogP contribution is 2.43. The molecule has 2 rings (SSSR count). The molecular weight excluding hydrogens is 324 g/mol. The van der Waals surface area contributed by atoms with Crippen LogP contribution in [0.1, 0.15) is 18.1 Å². The van der Waals surface area contributed by atoms with E-state index in [2.05, 4.69) is 17.2 Å². The van der Waals surface area contributed by atoms with Crippen LogP contribution in [0, 0.1) is 5.41 Å². The van der Waals surface area contributed by atoms with Gasteiger partial charge in [-0.25, -0.2) is 0 Å². The van der Waals surface area contributed by atoms with Crippen LogP contribution in [0.15, 0.2) is 41.9 Å². The van der Waals surface area contributed by atoms with Crippen LogP contribution >= 0.6 is 23.8 Å². The Hall–Kier alpha value is -1.76. The van der Waals surface area contributed by atoms with E-state index in [4.69, 9.17) is 28.6 Å². The summed E-state index contributed by atoms with van der Waals surface area (Å²) in [6.45, 7) is 3.61. The maximum absolute atomic E-state index is 12.6. The third kappa shape index (κ3) is 2.90. The first-order chi connectivity index (χ1) is 10.4. The lowest BCUT2D eigenvalue weighted by Crippen LogP contribution is -2.64. The molecule has 1 unspecified atom stereocenters. The van der Waals surface area contributed by atoms with E-state index in [-0.39, 0.29) is 16.6 Å². The maximum atomic E-state index is 12.6. The number of hydrogen-bond acceptors (Lipinski definition) is 4. The Kier molecular flexibility index (Phi) is 4.95. The largest absolute Gasteiger partial charge is 0.375 e. The zero-order valence-electron chi connectivity index (χ0n) is 11.9. The van der Waals surface area contributed by atoms with Crippen molar-refractivity contribution >= 4 is 40.7 Å². The van der Waals surface area contributed by atoms with Crippen LogP contribution in [0.2, 0.25) is 0 Å². The van der Waals surface area contributed by atoms with E-state index >= 15 is 0 Å². The van der Waals surface area contributed by atoms with Gasteiger partial charge in [0, 0.05) is 18.6 Å². The average Bonchev–Trinajstić information content (AvgIpc) is 2.45. The molecule has 0 bridgehead atoms. The minimum absolute atomic E-state index is 0.0336. The van der Waals surface area contributed by atoms with Gasteiger partial charge in [0.25, 0.3) is 0 Å². The summed E-state index contributed by atoms with van der Waals surface area (Å²) in [6, 6.07) is 8.99. The first-order valence-electron chi connectivity index (χ1n) is 6.49. The number of thiocarbonyl (C=S) groups is 1. The number of rotatable bonds is 5. The summed E-state index contributed by atoms with van der Waals surface area (Å²) in [6.07, 6.45) is -0.894. The zero-order chi connectivity index (χ0) is 16.3. The van der Waals surface area contributed by atoms with Gasteiger partial charge in [-0.05, 0) is 17.8 Å². The molecule has 1 fully saturated rings. The summed E-state index contributed by atoms with van der Waals surface area (Å²) in [5.74, 6) is -1.11. The Balaban J connectivity index is 2.57. The molecule has 1 aromatic carbocycles. The Morgan fingerprint density at radius 2 is 1.86 bits per heavy atom. The molecule has 0 aliphatic carbocycles. The minimum atomic E-state index is -1.57. The van der Waals surface area contributed by atoms with Crippen molar-refractivity contribution in [3.8, 4) is 0 Å². The summed E-state index contributed by atoms with van der Waals surface area (Å²) < 4.78 is 5.49. The number of hydrogen-bond donors (Lipinski definition) is 2. The molecule has 0 spiro atoms. The second kappa shape index (κ2) is 6.56. The number of methoxy groups -OCH3 is 1. The predicted octanol–water partition coefficient (Wildman–Crippen LogP) is 2.03. The topological polar surface area (TPSA) is 67.4 Å². The van der Waals surface area contributed by atoms with Crippen molar-refractivity contribution in [3.63, 3.8) is 0 Å². The number of ether oxygens (including phenoxy) is 1.